The van der Waals surface area contributed by atoms with Crippen LogP contribution < -0.4 is 40.0 Å². The van der Waals surface area contributed by atoms with Gasteiger partial charge in [-0.2, -0.15) is 0 Å². The van der Waals surface area contributed by atoms with E-state index in [9.17, 15) is 17.8 Å². The quantitative estimate of drug-likeness (QED) is 0.467. The zero-order valence-electron chi connectivity index (χ0n) is 10.1. The maximum Gasteiger partial charge on any atom is 1.00 e. The predicted octanol–water partition coefficient (Wildman–Crippen LogP) is -2.78. The van der Waals surface area contributed by atoms with E-state index in [0.717, 1.165) is 0 Å². The van der Waals surface area contributed by atoms with Crippen LogP contribution in [0.15, 0.2) is 29.2 Å². The number of nitrogens with one attached hydrogen (secondary N) is 1. The topological polar surface area (TPSA) is 89.5 Å². The van der Waals surface area contributed by atoms with E-state index in [1.54, 1.807) is 6.07 Å². The SMILES string of the molecule is CC1CC(=O)N(c2cccc(S(=O)(=O)[O-])c2)N1.[Na+]. The third-order valence-corrected chi connectivity index (χ3v) is 3.28. The summed E-state index contributed by atoms with van der Waals surface area (Å²) in [7, 11) is -4.50. The molecule has 1 amide bonds. The fraction of sp³-hybridized carbons (Fsp3) is 0.300. The zero-order chi connectivity index (χ0) is 12.6. The van der Waals surface area contributed by atoms with Crippen molar-refractivity contribution in [3.05, 3.63) is 24.3 Å². The van der Waals surface area contributed by atoms with Crippen LogP contribution in [-0.2, 0) is 14.9 Å². The second kappa shape index (κ2) is 5.68. The van der Waals surface area contributed by atoms with Gasteiger partial charge >= 0.3 is 29.6 Å². The Labute approximate surface area is 127 Å². The van der Waals surface area contributed by atoms with Gasteiger partial charge in [0.25, 0.3) is 0 Å². The average molecular weight is 278 g/mol. The molecule has 18 heavy (non-hydrogen) atoms. The summed E-state index contributed by atoms with van der Waals surface area (Å²) in [6.07, 6.45) is 0.342. The molecule has 1 fully saturated rings. The molecular weight excluding hydrogens is 267 g/mol. The molecule has 0 aromatic heterocycles. The number of anilines is 1. The zero-order valence-corrected chi connectivity index (χ0v) is 12.9. The molecule has 0 aliphatic carbocycles. The van der Waals surface area contributed by atoms with Crippen LogP contribution >= 0.6 is 0 Å². The molecule has 1 aromatic carbocycles. The normalized spacial score (nSPS) is 19.8. The molecule has 0 spiro atoms. The van der Waals surface area contributed by atoms with E-state index in [-0.39, 0.29) is 46.4 Å². The molecule has 0 bridgehead atoms. The second-order valence-corrected chi connectivity index (χ2v) is 5.29. The Balaban J connectivity index is 0.00000162. The summed E-state index contributed by atoms with van der Waals surface area (Å²) in [6, 6.07) is 5.38. The number of hydrazine groups is 1. The summed E-state index contributed by atoms with van der Waals surface area (Å²) in [4.78, 5) is 11.2. The minimum atomic E-state index is -4.50. The van der Waals surface area contributed by atoms with Crippen molar-refractivity contribution in [2.75, 3.05) is 5.01 Å². The van der Waals surface area contributed by atoms with Gasteiger partial charge in [-0.05, 0) is 25.1 Å². The van der Waals surface area contributed by atoms with Gasteiger partial charge in [-0.1, -0.05) is 6.07 Å². The minimum Gasteiger partial charge on any atom is -0.744 e. The molecule has 6 nitrogen and oxygen atoms in total. The van der Waals surface area contributed by atoms with Crippen molar-refractivity contribution in [1.29, 1.82) is 0 Å². The van der Waals surface area contributed by atoms with Crippen LogP contribution in [0.1, 0.15) is 13.3 Å². The standard InChI is InChI=1S/C10H12N2O4S.Na/c1-7-5-10(13)12(11-7)8-3-2-4-9(6-8)17(14,15)16;/h2-4,6-7,11H,5H2,1H3,(H,14,15,16);/q;+1/p-1. The maximum absolute atomic E-state index is 11.6. The molecule has 1 aliphatic heterocycles. The number of amides is 1. The van der Waals surface area contributed by atoms with Crippen molar-refractivity contribution in [3.63, 3.8) is 0 Å². The maximum atomic E-state index is 11.6. The van der Waals surface area contributed by atoms with Crippen LogP contribution in [0.5, 0.6) is 0 Å². The number of carbonyl (C=O) groups is 1. The number of rotatable bonds is 2. The van der Waals surface area contributed by atoms with Crippen LogP contribution in [0.25, 0.3) is 0 Å². The van der Waals surface area contributed by atoms with E-state index in [0.29, 0.717) is 12.1 Å². The van der Waals surface area contributed by atoms with Crippen molar-refractivity contribution in [1.82, 2.24) is 5.43 Å². The average Bonchev–Trinajstić information content (AvgIpc) is 2.57. The van der Waals surface area contributed by atoms with Gasteiger partial charge in [0.1, 0.15) is 10.1 Å². The van der Waals surface area contributed by atoms with Crippen LogP contribution in [0.4, 0.5) is 5.69 Å². The Morgan fingerprint density at radius 2 is 2.11 bits per heavy atom. The van der Waals surface area contributed by atoms with Crippen LogP contribution in [-0.4, -0.2) is 24.9 Å². The number of hydrogen-bond acceptors (Lipinski definition) is 5. The summed E-state index contributed by atoms with van der Waals surface area (Å²) < 4.78 is 32.6. The molecule has 1 atom stereocenters. The van der Waals surface area contributed by atoms with Crippen LogP contribution in [0.3, 0.4) is 0 Å². The number of nitrogens with zero attached hydrogens (tertiary/aromatic N) is 1. The van der Waals surface area contributed by atoms with Gasteiger partial charge in [-0.3, -0.25) is 4.79 Å². The van der Waals surface area contributed by atoms with E-state index in [4.69, 9.17) is 0 Å². The van der Waals surface area contributed by atoms with E-state index >= 15 is 0 Å². The fourth-order valence-electron chi connectivity index (χ4n) is 1.69. The minimum absolute atomic E-state index is 0. The molecule has 1 saturated heterocycles. The molecule has 0 radical (unpaired) electrons. The first-order valence-electron chi connectivity index (χ1n) is 5.03. The molecule has 1 aromatic rings. The van der Waals surface area contributed by atoms with Gasteiger partial charge in [-0.25, -0.2) is 18.9 Å². The molecule has 8 heteroatoms. The number of benzene rings is 1. The third kappa shape index (κ3) is 3.31. The Bertz CT molecular complexity index is 561. The van der Waals surface area contributed by atoms with Gasteiger partial charge in [0.15, 0.2) is 0 Å². The van der Waals surface area contributed by atoms with Gasteiger partial charge < -0.3 is 4.55 Å². The summed E-state index contributed by atoms with van der Waals surface area (Å²) in [5.74, 6) is -0.155. The smallest absolute Gasteiger partial charge is 0.744 e. The summed E-state index contributed by atoms with van der Waals surface area (Å²) >= 11 is 0. The molecule has 0 saturated carbocycles. The van der Waals surface area contributed by atoms with Crippen molar-refractivity contribution in [2.45, 2.75) is 24.3 Å². The predicted molar refractivity (Wildman–Crippen MR) is 59.1 cm³/mol. The first-order chi connectivity index (χ1) is 7.88. The Morgan fingerprint density at radius 1 is 1.44 bits per heavy atom. The van der Waals surface area contributed by atoms with E-state index in [1.165, 1.54) is 23.2 Å². The van der Waals surface area contributed by atoms with Gasteiger partial charge in [0, 0.05) is 12.5 Å². The van der Waals surface area contributed by atoms with Crippen molar-refractivity contribution >= 4 is 21.7 Å². The summed E-state index contributed by atoms with van der Waals surface area (Å²) in [5, 5.41) is 1.26. The van der Waals surface area contributed by atoms with Gasteiger partial charge in [0.05, 0.1) is 10.6 Å². The molecular formula is C10H11N2NaO4S. The van der Waals surface area contributed by atoms with Gasteiger partial charge in [0.2, 0.25) is 5.91 Å². The number of carbonyl (C=O) groups excluding carboxylic acids is 1. The number of hydrogen-bond donors (Lipinski definition) is 1. The van der Waals surface area contributed by atoms with Crippen LogP contribution in [0.2, 0.25) is 0 Å². The fourth-order valence-corrected chi connectivity index (χ4v) is 2.20. The largest absolute Gasteiger partial charge is 1.00 e. The molecule has 1 heterocycles. The molecule has 1 aliphatic rings. The second-order valence-electron chi connectivity index (χ2n) is 3.91. The summed E-state index contributed by atoms with van der Waals surface area (Å²) in [5.41, 5.74) is 3.24. The van der Waals surface area contributed by atoms with Gasteiger partial charge in [-0.15, -0.1) is 0 Å². The van der Waals surface area contributed by atoms with E-state index in [2.05, 4.69) is 5.43 Å². The Hall–Kier alpha value is -0.440. The van der Waals surface area contributed by atoms with E-state index < -0.39 is 10.1 Å². The first kappa shape index (κ1) is 15.6. The molecule has 2 rings (SSSR count). The molecule has 1 N–H and O–H groups in total. The van der Waals surface area contributed by atoms with E-state index in [1.807, 2.05) is 6.92 Å². The van der Waals surface area contributed by atoms with Crippen molar-refractivity contribution < 1.29 is 47.3 Å². The van der Waals surface area contributed by atoms with Crippen LogP contribution in [0, 0.1) is 0 Å². The Kier molecular flexibility index (Phi) is 4.93. The molecule has 92 valence electrons. The first-order valence-corrected chi connectivity index (χ1v) is 6.44. The third-order valence-electron chi connectivity index (χ3n) is 2.44. The monoisotopic (exact) mass is 278 g/mol. The molecule has 1 unspecified atom stereocenters. The van der Waals surface area contributed by atoms with Crippen molar-refractivity contribution in [2.24, 2.45) is 0 Å². The van der Waals surface area contributed by atoms with Crippen molar-refractivity contribution in [3.8, 4) is 0 Å². The summed E-state index contributed by atoms with van der Waals surface area (Å²) in [6.45, 7) is 1.84. The Morgan fingerprint density at radius 3 is 2.61 bits per heavy atom.